The standard InChI is InChI=1S/C13H22N2O/c1-4-15-9-12(8-14-15)13(16)6-5-10(2)11(3)7-13/h8-11,16H,4-7H2,1-3H3. The average molecular weight is 222 g/mol. The first-order valence-corrected chi connectivity index (χ1v) is 6.30. The topological polar surface area (TPSA) is 38.0 Å². The minimum Gasteiger partial charge on any atom is -0.385 e. The van der Waals surface area contributed by atoms with Crippen molar-refractivity contribution in [3.63, 3.8) is 0 Å². The van der Waals surface area contributed by atoms with Gasteiger partial charge in [-0.25, -0.2) is 0 Å². The number of aryl methyl sites for hydroxylation is 1. The smallest absolute Gasteiger partial charge is 0.0929 e. The van der Waals surface area contributed by atoms with Crippen LogP contribution in [0.4, 0.5) is 0 Å². The van der Waals surface area contributed by atoms with Crippen LogP contribution in [0.2, 0.25) is 0 Å². The largest absolute Gasteiger partial charge is 0.385 e. The molecule has 0 aliphatic heterocycles. The second kappa shape index (κ2) is 4.21. The summed E-state index contributed by atoms with van der Waals surface area (Å²) in [5, 5.41) is 14.9. The van der Waals surface area contributed by atoms with Gasteiger partial charge in [-0.3, -0.25) is 4.68 Å². The van der Waals surface area contributed by atoms with Gasteiger partial charge in [0.05, 0.1) is 11.8 Å². The molecule has 1 aliphatic carbocycles. The molecular weight excluding hydrogens is 200 g/mol. The molecule has 3 nitrogen and oxygen atoms in total. The number of nitrogens with zero attached hydrogens (tertiary/aromatic N) is 2. The number of aromatic nitrogens is 2. The molecule has 3 unspecified atom stereocenters. The molecule has 3 heteroatoms. The summed E-state index contributed by atoms with van der Waals surface area (Å²) in [6.45, 7) is 7.44. The molecule has 0 aromatic carbocycles. The van der Waals surface area contributed by atoms with E-state index in [0.29, 0.717) is 5.92 Å². The van der Waals surface area contributed by atoms with Crippen LogP contribution < -0.4 is 0 Å². The van der Waals surface area contributed by atoms with Gasteiger partial charge < -0.3 is 5.11 Å². The van der Waals surface area contributed by atoms with Gasteiger partial charge in [0.2, 0.25) is 0 Å². The van der Waals surface area contributed by atoms with Gasteiger partial charge >= 0.3 is 0 Å². The second-order valence-electron chi connectivity index (χ2n) is 5.31. The molecule has 1 N–H and O–H groups in total. The fourth-order valence-electron chi connectivity index (χ4n) is 2.63. The third kappa shape index (κ3) is 2.01. The van der Waals surface area contributed by atoms with Crippen LogP contribution >= 0.6 is 0 Å². The second-order valence-corrected chi connectivity index (χ2v) is 5.31. The molecule has 0 bridgehead atoms. The Morgan fingerprint density at radius 2 is 2.25 bits per heavy atom. The van der Waals surface area contributed by atoms with E-state index in [1.807, 2.05) is 17.1 Å². The Morgan fingerprint density at radius 1 is 1.50 bits per heavy atom. The molecule has 1 heterocycles. The van der Waals surface area contributed by atoms with Crippen molar-refractivity contribution in [2.24, 2.45) is 11.8 Å². The Morgan fingerprint density at radius 3 is 2.81 bits per heavy atom. The van der Waals surface area contributed by atoms with Crippen LogP contribution in [0, 0.1) is 11.8 Å². The first-order chi connectivity index (χ1) is 7.55. The first-order valence-electron chi connectivity index (χ1n) is 6.30. The van der Waals surface area contributed by atoms with E-state index < -0.39 is 5.60 Å². The van der Waals surface area contributed by atoms with Crippen molar-refractivity contribution in [2.45, 2.75) is 52.2 Å². The summed E-state index contributed by atoms with van der Waals surface area (Å²) in [6.07, 6.45) is 6.65. The molecule has 0 saturated heterocycles. The van der Waals surface area contributed by atoms with E-state index in [-0.39, 0.29) is 0 Å². The maximum Gasteiger partial charge on any atom is 0.0929 e. The van der Waals surface area contributed by atoms with Gasteiger partial charge in [0.25, 0.3) is 0 Å². The minimum absolute atomic E-state index is 0.587. The number of hydrogen-bond donors (Lipinski definition) is 1. The van der Waals surface area contributed by atoms with E-state index in [9.17, 15) is 5.11 Å². The lowest BCUT2D eigenvalue weighted by Crippen LogP contribution is -2.35. The van der Waals surface area contributed by atoms with Crippen LogP contribution in [0.3, 0.4) is 0 Å². The number of hydrogen-bond acceptors (Lipinski definition) is 2. The highest BCUT2D eigenvalue weighted by Crippen LogP contribution is 2.42. The van der Waals surface area contributed by atoms with Gasteiger partial charge in [-0.05, 0) is 38.0 Å². The third-order valence-electron chi connectivity index (χ3n) is 4.14. The van der Waals surface area contributed by atoms with E-state index in [4.69, 9.17) is 0 Å². The van der Waals surface area contributed by atoms with Crippen LogP contribution in [0.1, 0.15) is 45.6 Å². The van der Waals surface area contributed by atoms with E-state index >= 15 is 0 Å². The lowest BCUT2D eigenvalue weighted by molar-refractivity contribution is -0.0336. The van der Waals surface area contributed by atoms with Crippen molar-refractivity contribution >= 4 is 0 Å². The summed E-state index contributed by atoms with van der Waals surface area (Å²) in [4.78, 5) is 0. The Bertz CT molecular complexity index is 361. The summed E-state index contributed by atoms with van der Waals surface area (Å²) in [7, 11) is 0. The van der Waals surface area contributed by atoms with Crippen molar-refractivity contribution in [2.75, 3.05) is 0 Å². The van der Waals surface area contributed by atoms with E-state index in [1.165, 1.54) is 0 Å². The van der Waals surface area contributed by atoms with Crippen molar-refractivity contribution < 1.29 is 5.11 Å². The number of aliphatic hydroxyl groups is 1. The monoisotopic (exact) mass is 222 g/mol. The molecule has 1 saturated carbocycles. The molecule has 1 aromatic heterocycles. The van der Waals surface area contributed by atoms with Crippen LogP contribution in [0.5, 0.6) is 0 Å². The van der Waals surface area contributed by atoms with Gasteiger partial charge in [-0.2, -0.15) is 5.10 Å². The summed E-state index contributed by atoms with van der Waals surface area (Å²) >= 11 is 0. The zero-order chi connectivity index (χ0) is 11.8. The highest BCUT2D eigenvalue weighted by molar-refractivity contribution is 5.16. The third-order valence-corrected chi connectivity index (χ3v) is 4.14. The van der Waals surface area contributed by atoms with Gasteiger partial charge in [-0.15, -0.1) is 0 Å². The highest BCUT2D eigenvalue weighted by atomic mass is 16.3. The zero-order valence-corrected chi connectivity index (χ0v) is 10.5. The van der Waals surface area contributed by atoms with Crippen molar-refractivity contribution in [3.05, 3.63) is 18.0 Å². The van der Waals surface area contributed by atoms with E-state index in [1.54, 1.807) is 0 Å². The number of rotatable bonds is 2. The van der Waals surface area contributed by atoms with Gasteiger partial charge in [0, 0.05) is 18.3 Å². The van der Waals surface area contributed by atoms with E-state index in [0.717, 1.165) is 37.3 Å². The Labute approximate surface area is 97.5 Å². The predicted molar refractivity (Wildman–Crippen MR) is 64.0 cm³/mol. The van der Waals surface area contributed by atoms with Crippen LogP contribution in [-0.2, 0) is 12.1 Å². The molecule has 3 atom stereocenters. The molecule has 0 spiro atoms. The van der Waals surface area contributed by atoms with E-state index in [2.05, 4.69) is 25.9 Å². The lowest BCUT2D eigenvalue weighted by atomic mass is 9.71. The molecular formula is C13H22N2O. The molecule has 90 valence electrons. The van der Waals surface area contributed by atoms with Crippen LogP contribution in [0.25, 0.3) is 0 Å². The Kier molecular flexibility index (Phi) is 3.06. The fourth-order valence-corrected chi connectivity index (χ4v) is 2.63. The summed E-state index contributed by atoms with van der Waals surface area (Å²) in [5.41, 5.74) is 0.354. The minimum atomic E-state index is -0.640. The van der Waals surface area contributed by atoms with Crippen molar-refractivity contribution in [1.29, 1.82) is 0 Å². The summed E-state index contributed by atoms with van der Waals surface area (Å²) in [5.74, 6) is 1.31. The Balaban J connectivity index is 2.18. The first kappa shape index (κ1) is 11.6. The normalized spacial score (nSPS) is 35.2. The Hall–Kier alpha value is -0.830. The molecule has 1 fully saturated rings. The molecule has 1 aliphatic rings. The maximum atomic E-state index is 10.7. The fraction of sp³-hybridized carbons (Fsp3) is 0.769. The molecule has 16 heavy (non-hydrogen) atoms. The predicted octanol–water partition coefficient (Wildman–Crippen LogP) is 2.55. The summed E-state index contributed by atoms with van der Waals surface area (Å²) in [6, 6.07) is 0. The quantitative estimate of drug-likeness (QED) is 0.835. The molecule has 1 aromatic rings. The molecule has 0 amide bonds. The van der Waals surface area contributed by atoms with Gasteiger partial charge in [0.15, 0.2) is 0 Å². The lowest BCUT2D eigenvalue weighted by Gasteiger charge is -2.38. The zero-order valence-electron chi connectivity index (χ0n) is 10.5. The van der Waals surface area contributed by atoms with Gasteiger partial charge in [-0.1, -0.05) is 13.8 Å². The summed E-state index contributed by atoms with van der Waals surface area (Å²) < 4.78 is 1.88. The highest BCUT2D eigenvalue weighted by Gasteiger charge is 2.38. The van der Waals surface area contributed by atoms with Gasteiger partial charge in [0.1, 0.15) is 0 Å². The van der Waals surface area contributed by atoms with Crippen molar-refractivity contribution in [1.82, 2.24) is 9.78 Å². The van der Waals surface area contributed by atoms with Crippen LogP contribution in [-0.4, -0.2) is 14.9 Å². The average Bonchev–Trinajstić information content (AvgIpc) is 2.73. The molecule has 2 rings (SSSR count). The maximum absolute atomic E-state index is 10.7. The van der Waals surface area contributed by atoms with Crippen LogP contribution in [0.15, 0.2) is 12.4 Å². The SMILES string of the molecule is CCn1cc(C2(O)CCC(C)C(C)C2)cn1. The molecule has 0 radical (unpaired) electrons. The van der Waals surface area contributed by atoms with Crippen molar-refractivity contribution in [3.8, 4) is 0 Å².